The summed E-state index contributed by atoms with van der Waals surface area (Å²) in [6.45, 7) is 3.44. The summed E-state index contributed by atoms with van der Waals surface area (Å²) in [5.41, 5.74) is 2.16. The molecule has 3 rings (SSSR count). The maximum atomic E-state index is 5.35. The van der Waals surface area contributed by atoms with Crippen molar-refractivity contribution < 1.29 is 9.15 Å². The summed E-state index contributed by atoms with van der Waals surface area (Å²) in [6, 6.07) is 8.72. The highest BCUT2D eigenvalue weighted by Gasteiger charge is 2.11. The zero-order valence-electron chi connectivity index (χ0n) is 10.0. The molecule has 0 bridgehead atoms. The van der Waals surface area contributed by atoms with Crippen LogP contribution in [0.25, 0.3) is 0 Å². The molecule has 1 aromatic carbocycles. The van der Waals surface area contributed by atoms with Crippen LogP contribution in [0.2, 0.25) is 0 Å². The third-order valence-electron chi connectivity index (χ3n) is 2.91. The third kappa shape index (κ3) is 2.46. The number of oxazole rings is 1. The molecule has 1 fully saturated rings. The number of aromatic nitrogens is 1. The molecule has 1 aromatic heterocycles. The van der Waals surface area contributed by atoms with Gasteiger partial charge in [-0.15, -0.1) is 0 Å². The highest BCUT2D eigenvalue weighted by Crippen LogP contribution is 2.22. The number of rotatable bonds is 3. The first-order valence-corrected chi connectivity index (χ1v) is 6.01. The summed E-state index contributed by atoms with van der Waals surface area (Å²) in [6.07, 6.45) is 3.17. The highest BCUT2D eigenvalue weighted by molar-refractivity contribution is 5.61. The van der Waals surface area contributed by atoms with Crippen LogP contribution in [0.3, 0.4) is 0 Å². The van der Waals surface area contributed by atoms with Crippen molar-refractivity contribution in [3.63, 3.8) is 0 Å². The molecule has 0 spiro atoms. The first-order chi connectivity index (χ1) is 8.92. The van der Waals surface area contributed by atoms with Crippen molar-refractivity contribution in [2.75, 3.05) is 36.5 Å². The fourth-order valence-corrected chi connectivity index (χ4v) is 2.01. The van der Waals surface area contributed by atoms with Gasteiger partial charge in [-0.2, -0.15) is 0 Å². The second-order valence-corrected chi connectivity index (χ2v) is 4.11. The van der Waals surface area contributed by atoms with Gasteiger partial charge in [-0.25, -0.2) is 4.98 Å². The Morgan fingerprint density at radius 2 is 2.11 bits per heavy atom. The first-order valence-electron chi connectivity index (χ1n) is 6.01. The van der Waals surface area contributed by atoms with Gasteiger partial charge in [0.2, 0.25) is 0 Å². The lowest BCUT2D eigenvalue weighted by atomic mass is 10.2. The minimum absolute atomic E-state index is 0.508. The molecule has 1 aliphatic heterocycles. The average molecular weight is 245 g/mol. The average Bonchev–Trinajstić information content (AvgIpc) is 2.93. The van der Waals surface area contributed by atoms with E-state index in [4.69, 9.17) is 9.15 Å². The van der Waals surface area contributed by atoms with Crippen molar-refractivity contribution in [3.05, 3.63) is 36.7 Å². The van der Waals surface area contributed by atoms with Crippen molar-refractivity contribution in [1.29, 1.82) is 0 Å². The van der Waals surface area contributed by atoms with E-state index in [-0.39, 0.29) is 0 Å². The summed E-state index contributed by atoms with van der Waals surface area (Å²) in [7, 11) is 0. The van der Waals surface area contributed by atoms with Crippen LogP contribution in [0.1, 0.15) is 0 Å². The van der Waals surface area contributed by atoms with E-state index in [1.807, 2.05) is 12.1 Å². The molecule has 0 aliphatic carbocycles. The number of hydrogen-bond acceptors (Lipinski definition) is 5. The lowest BCUT2D eigenvalue weighted by Crippen LogP contribution is -2.36. The van der Waals surface area contributed by atoms with E-state index in [2.05, 4.69) is 27.3 Å². The number of morpholine rings is 1. The smallest absolute Gasteiger partial charge is 0.299 e. The van der Waals surface area contributed by atoms with Crippen LogP contribution in [-0.4, -0.2) is 31.3 Å². The fraction of sp³-hybridized carbons (Fsp3) is 0.308. The van der Waals surface area contributed by atoms with E-state index in [9.17, 15) is 0 Å². The molecule has 0 atom stereocenters. The minimum atomic E-state index is 0.508. The molecule has 1 aliphatic rings. The zero-order chi connectivity index (χ0) is 12.2. The molecule has 0 saturated carbocycles. The Hall–Kier alpha value is -2.01. The van der Waals surface area contributed by atoms with Gasteiger partial charge >= 0.3 is 0 Å². The summed E-state index contributed by atoms with van der Waals surface area (Å²) >= 11 is 0. The molecule has 5 nitrogen and oxygen atoms in total. The van der Waals surface area contributed by atoms with E-state index in [1.165, 1.54) is 5.69 Å². The molecule has 0 unspecified atom stereocenters. The molecule has 94 valence electrons. The van der Waals surface area contributed by atoms with Crippen molar-refractivity contribution in [2.45, 2.75) is 0 Å². The number of nitrogens with one attached hydrogen (secondary N) is 1. The van der Waals surface area contributed by atoms with Gasteiger partial charge in [0, 0.05) is 24.5 Å². The molecule has 18 heavy (non-hydrogen) atoms. The third-order valence-corrected chi connectivity index (χ3v) is 2.91. The summed E-state index contributed by atoms with van der Waals surface area (Å²) in [4.78, 5) is 6.35. The van der Waals surface area contributed by atoms with Crippen molar-refractivity contribution in [3.8, 4) is 0 Å². The lowest BCUT2D eigenvalue weighted by Gasteiger charge is -2.29. The molecular weight excluding hydrogens is 230 g/mol. The monoisotopic (exact) mass is 245 g/mol. The van der Waals surface area contributed by atoms with E-state index < -0.39 is 0 Å². The Balaban J connectivity index is 1.76. The minimum Gasteiger partial charge on any atom is -0.432 e. The Labute approximate surface area is 105 Å². The van der Waals surface area contributed by atoms with Gasteiger partial charge in [-0.05, 0) is 18.2 Å². The lowest BCUT2D eigenvalue weighted by molar-refractivity contribution is 0.122. The molecule has 0 radical (unpaired) electrons. The second-order valence-electron chi connectivity index (χ2n) is 4.11. The SMILES string of the molecule is c1cc(Nc2ncco2)cc(N2CCOCC2)c1. The van der Waals surface area contributed by atoms with Crippen LogP contribution in [-0.2, 0) is 4.74 Å². The normalized spacial score (nSPS) is 15.7. The van der Waals surface area contributed by atoms with Crippen LogP contribution in [0.5, 0.6) is 0 Å². The van der Waals surface area contributed by atoms with Gasteiger partial charge in [-0.1, -0.05) is 6.07 Å². The first kappa shape index (κ1) is 11.1. The predicted molar refractivity (Wildman–Crippen MR) is 69.3 cm³/mol. The van der Waals surface area contributed by atoms with E-state index >= 15 is 0 Å². The predicted octanol–water partition coefficient (Wildman–Crippen LogP) is 2.25. The van der Waals surface area contributed by atoms with Crippen LogP contribution >= 0.6 is 0 Å². The number of ether oxygens (including phenoxy) is 1. The summed E-state index contributed by atoms with van der Waals surface area (Å²) in [5, 5.41) is 3.13. The Morgan fingerprint density at radius 1 is 1.22 bits per heavy atom. The van der Waals surface area contributed by atoms with Gasteiger partial charge in [0.05, 0.1) is 19.4 Å². The van der Waals surface area contributed by atoms with Crippen molar-refractivity contribution >= 4 is 17.4 Å². The van der Waals surface area contributed by atoms with Crippen LogP contribution in [0.4, 0.5) is 17.4 Å². The van der Waals surface area contributed by atoms with Crippen molar-refractivity contribution in [2.24, 2.45) is 0 Å². The maximum Gasteiger partial charge on any atom is 0.299 e. The van der Waals surface area contributed by atoms with Crippen LogP contribution in [0, 0.1) is 0 Å². The van der Waals surface area contributed by atoms with Gasteiger partial charge in [0.15, 0.2) is 0 Å². The molecule has 2 heterocycles. The largest absolute Gasteiger partial charge is 0.432 e. The Bertz CT molecular complexity index is 493. The van der Waals surface area contributed by atoms with E-state index in [0.717, 1.165) is 32.0 Å². The molecule has 2 aromatic rings. The summed E-state index contributed by atoms with van der Waals surface area (Å²) in [5.74, 6) is 0. The number of hydrogen-bond donors (Lipinski definition) is 1. The molecule has 5 heteroatoms. The zero-order valence-corrected chi connectivity index (χ0v) is 10.0. The Morgan fingerprint density at radius 3 is 2.89 bits per heavy atom. The van der Waals surface area contributed by atoms with E-state index in [1.54, 1.807) is 12.5 Å². The number of nitrogens with zero attached hydrogens (tertiary/aromatic N) is 2. The van der Waals surface area contributed by atoms with Gasteiger partial charge in [-0.3, -0.25) is 0 Å². The number of benzene rings is 1. The maximum absolute atomic E-state index is 5.35. The quantitative estimate of drug-likeness (QED) is 0.898. The van der Waals surface area contributed by atoms with Crippen LogP contribution < -0.4 is 10.2 Å². The fourth-order valence-electron chi connectivity index (χ4n) is 2.01. The highest BCUT2D eigenvalue weighted by atomic mass is 16.5. The van der Waals surface area contributed by atoms with Gasteiger partial charge in [0.25, 0.3) is 6.01 Å². The molecule has 0 amide bonds. The topological polar surface area (TPSA) is 50.5 Å². The Kier molecular flexibility index (Phi) is 3.14. The molecule has 1 N–H and O–H groups in total. The van der Waals surface area contributed by atoms with Gasteiger partial charge in [0.1, 0.15) is 6.26 Å². The number of anilines is 3. The van der Waals surface area contributed by atoms with Crippen LogP contribution in [0.15, 0.2) is 41.1 Å². The second kappa shape index (κ2) is 5.10. The molecule has 1 saturated heterocycles. The standard InChI is InChI=1S/C13H15N3O2/c1-2-11(15-13-14-4-7-18-13)10-12(3-1)16-5-8-17-9-6-16/h1-4,7,10H,5-6,8-9H2,(H,14,15). The summed E-state index contributed by atoms with van der Waals surface area (Å²) < 4.78 is 10.5. The van der Waals surface area contributed by atoms with Gasteiger partial charge < -0.3 is 19.4 Å². The van der Waals surface area contributed by atoms with E-state index in [0.29, 0.717) is 6.01 Å². The van der Waals surface area contributed by atoms with Crippen molar-refractivity contribution in [1.82, 2.24) is 4.98 Å². The molecular formula is C13H15N3O2.